The molecule has 0 saturated heterocycles. The summed E-state index contributed by atoms with van der Waals surface area (Å²) < 4.78 is 26.2. The van der Waals surface area contributed by atoms with Gasteiger partial charge in [0.1, 0.15) is 11.3 Å². The van der Waals surface area contributed by atoms with Crippen LogP contribution in [0.5, 0.6) is 17.2 Å². The average Bonchev–Trinajstić information content (AvgIpc) is 3.25. The number of carbonyl (C=O) groups is 1. The molecule has 0 aliphatic heterocycles. The summed E-state index contributed by atoms with van der Waals surface area (Å²) in [6.07, 6.45) is 0. The zero-order chi connectivity index (χ0) is 21.7. The Morgan fingerprint density at radius 2 is 1.60 bits per heavy atom. The van der Waals surface area contributed by atoms with Crippen LogP contribution in [0.15, 0.2) is 40.9 Å². The second-order valence-electron chi connectivity index (χ2n) is 6.77. The standard InChI is InChI=1S/C22H24N2O6/c1-13(2)14-6-8-15(9-7-14)21-23-20(30-24-21)12-29-22(25)16-10-18(27-4)19(28-5)11-17(16)26-3/h6-11,13H,12H2,1-5H3. The van der Waals surface area contributed by atoms with Crippen LogP contribution in [0.3, 0.4) is 0 Å². The van der Waals surface area contributed by atoms with Crippen molar-refractivity contribution in [1.29, 1.82) is 0 Å². The van der Waals surface area contributed by atoms with Crippen LogP contribution in [-0.2, 0) is 11.3 Å². The number of carbonyl (C=O) groups excluding carboxylic acids is 1. The van der Waals surface area contributed by atoms with Crippen LogP contribution < -0.4 is 14.2 Å². The summed E-state index contributed by atoms with van der Waals surface area (Å²) in [4.78, 5) is 16.8. The maximum atomic E-state index is 12.6. The zero-order valence-corrected chi connectivity index (χ0v) is 17.6. The lowest BCUT2D eigenvalue weighted by Gasteiger charge is -2.13. The molecule has 0 aliphatic carbocycles. The number of esters is 1. The number of benzene rings is 2. The third-order valence-corrected chi connectivity index (χ3v) is 4.56. The molecule has 158 valence electrons. The molecule has 0 aliphatic rings. The molecule has 1 aromatic heterocycles. The highest BCUT2D eigenvalue weighted by molar-refractivity contribution is 5.93. The molecule has 0 saturated carbocycles. The van der Waals surface area contributed by atoms with E-state index < -0.39 is 5.97 Å². The molecule has 0 radical (unpaired) electrons. The Morgan fingerprint density at radius 1 is 0.967 bits per heavy atom. The Kier molecular flexibility index (Phi) is 6.56. The van der Waals surface area contributed by atoms with Crippen LogP contribution in [0, 0.1) is 0 Å². The van der Waals surface area contributed by atoms with E-state index in [-0.39, 0.29) is 18.1 Å². The Morgan fingerprint density at radius 3 is 2.20 bits per heavy atom. The molecule has 0 amide bonds. The van der Waals surface area contributed by atoms with Crippen LogP contribution >= 0.6 is 0 Å². The number of hydrogen-bond acceptors (Lipinski definition) is 8. The second kappa shape index (κ2) is 9.30. The number of hydrogen-bond donors (Lipinski definition) is 0. The summed E-state index contributed by atoms with van der Waals surface area (Å²) in [6.45, 7) is 4.08. The van der Waals surface area contributed by atoms with E-state index in [4.69, 9.17) is 23.5 Å². The normalized spacial score (nSPS) is 10.7. The molecule has 2 aromatic carbocycles. The minimum absolute atomic E-state index is 0.173. The maximum Gasteiger partial charge on any atom is 0.342 e. The van der Waals surface area contributed by atoms with Crippen molar-refractivity contribution in [2.75, 3.05) is 21.3 Å². The molecule has 0 spiro atoms. The van der Waals surface area contributed by atoms with Crippen molar-refractivity contribution < 1.29 is 28.3 Å². The summed E-state index contributed by atoms with van der Waals surface area (Å²) in [5, 5.41) is 3.96. The van der Waals surface area contributed by atoms with Crippen molar-refractivity contribution in [3.63, 3.8) is 0 Å². The summed E-state index contributed by atoms with van der Waals surface area (Å²) >= 11 is 0. The molecular formula is C22H24N2O6. The first-order valence-corrected chi connectivity index (χ1v) is 9.36. The molecule has 1 heterocycles. The Hall–Kier alpha value is -3.55. The van der Waals surface area contributed by atoms with E-state index in [1.165, 1.54) is 33.0 Å². The van der Waals surface area contributed by atoms with E-state index in [1.807, 2.05) is 24.3 Å². The van der Waals surface area contributed by atoms with Gasteiger partial charge < -0.3 is 23.5 Å². The summed E-state index contributed by atoms with van der Waals surface area (Å²) in [7, 11) is 4.43. The smallest absolute Gasteiger partial charge is 0.342 e. The zero-order valence-electron chi connectivity index (χ0n) is 17.6. The SMILES string of the molecule is COc1cc(OC)c(C(=O)OCc2nc(-c3ccc(C(C)C)cc3)no2)cc1OC. The lowest BCUT2D eigenvalue weighted by molar-refractivity contribution is 0.0425. The molecule has 0 bridgehead atoms. The molecule has 0 fully saturated rings. The van der Waals surface area contributed by atoms with Gasteiger partial charge in [-0.2, -0.15) is 4.98 Å². The molecule has 8 nitrogen and oxygen atoms in total. The number of nitrogens with zero attached hydrogens (tertiary/aromatic N) is 2. The molecular weight excluding hydrogens is 388 g/mol. The minimum atomic E-state index is -0.617. The van der Waals surface area contributed by atoms with E-state index in [0.29, 0.717) is 29.0 Å². The molecule has 0 N–H and O–H groups in total. The van der Waals surface area contributed by atoms with Crippen molar-refractivity contribution in [3.05, 3.63) is 53.4 Å². The van der Waals surface area contributed by atoms with Crippen LogP contribution in [0.4, 0.5) is 0 Å². The Bertz CT molecular complexity index is 1010. The van der Waals surface area contributed by atoms with Gasteiger partial charge in [-0.1, -0.05) is 43.3 Å². The molecule has 8 heteroatoms. The fraction of sp³-hybridized carbons (Fsp3) is 0.318. The number of rotatable bonds is 8. The van der Waals surface area contributed by atoms with Crippen molar-refractivity contribution in [1.82, 2.24) is 10.1 Å². The maximum absolute atomic E-state index is 12.6. The van der Waals surface area contributed by atoms with Gasteiger partial charge in [-0.05, 0) is 11.5 Å². The highest BCUT2D eigenvalue weighted by atomic mass is 16.6. The Balaban J connectivity index is 1.71. The number of ether oxygens (including phenoxy) is 4. The summed E-state index contributed by atoms with van der Waals surface area (Å²) in [5.41, 5.74) is 2.24. The highest BCUT2D eigenvalue weighted by Crippen LogP contribution is 2.35. The molecule has 3 aromatic rings. The predicted octanol–water partition coefficient (Wildman–Crippen LogP) is 4.24. The van der Waals surface area contributed by atoms with Crippen molar-refractivity contribution in [2.45, 2.75) is 26.4 Å². The van der Waals surface area contributed by atoms with Crippen LogP contribution in [0.1, 0.15) is 41.6 Å². The molecule has 3 rings (SSSR count). The van der Waals surface area contributed by atoms with Crippen LogP contribution in [0.25, 0.3) is 11.4 Å². The van der Waals surface area contributed by atoms with E-state index in [2.05, 4.69) is 24.0 Å². The summed E-state index contributed by atoms with van der Waals surface area (Å²) in [5.74, 6) is 1.56. The van der Waals surface area contributed by atoms with E-state index in [1.54, 1.807) is 6.07 Å². The first-order chi connectivity index (χ1) is 14.5. The molecule has 0 unspecified atom stereocenters. The molecule has 0 atom stereocenters. The first kappa shape index (κ1) is 21.2. The second-order valence-corrected chi connectivity index (χ2v) is 6.77. The summed E-state index contributed by atoms with van der Waals surface area (Å²) in [6, 6.07) is 11.0. The predicted molar refractivity (Wildman–Crippen MR) is 109 cm³/mol. The van der Waals surface area contributed by atoms with Gasteiger partial charge in [0, 0.05) is 17.7 Å². The fourth-order valence-electron chi connectivity index (χ4n) is 2.84. The van der Waals surface area contributed by atoms with Gasteiger partial charge in [-0.3, -0.25) is 0 Å². The van der Waals surface area contributed by atoms with Crippen LogP contribution in [-0.4, -0.2) is 37.4 Å². The van der Waals surface area contributed by atoms with Gasteiger partial charge in [-0.25, -0.2) is 4.79 Å². The van der Waals surface area contributed by atoms with Crippen LogP contribution in [0.2, 0.25) is 0 Å². The van der Waals surface area contributed by atoms with Gasteiger partial charge >= 0.3 is 5.97 Å². The lowest BCUT2D eigenvalue weighted by atomic mass is 10.0. The average molecular weight is 412 g/mol. The van der Waals surface area contributed by atoms with Crippen molar-refractivity contribution in [2.24, 2.45) is 0 Å². The van der Waals surface area contributed by atoms with Crippen molar-refractivity contribution in [3.8, 4) is 28.6 Å². The molecule has 30 heavy (non-hydrogen) atoms. The first-order valence-electron chi connectivity index (χ1n) is 9.36. The van der Waals surface area contributed by atoms with Gasteiger partial charge in [0.25, 0.3) is 5.89 Å². The highest BCUT2D eigenvalue weighted by Gasteiger charge is 2.20. The third kappa shape index (κ3) is 4.53. The number of aromatic nitrogens is 2. The topological polar surface area (TPSA) is 92.9 Å². The minimum Gasteiger partial charge on any atom is -0.496 e. The number of methoxy groups -OCH3 is 3. The van der Waals surface area contributed by atoms with E-state index in [9.17, 15) is 4.79 Å². The lowest BCUT2D eigenvalue weighted by Crippen LogP contribution is -2.08. The largest absolute Gasteiger partial charge is 0.496 e. The van der Waals surface area contributed by atoms with E-state index in [0.717, 1.165) is 5.56 Å². The third-order valence-electron chi connectivity index (χ3n) is 4.56. The quantitative estimate of drug-likeness (QED) is 0.507. The van der Waals surface area contributed by atoms with Gasteiger partial charge in [0.05, 0.1) is 21.3 Å². The van der Waals surface area contributed by atoms with Gasteiger partial charge in [-0.15, -0.1) is 0 Å². The van der Waals surface area contributed by atoms with Gasteiger partial charge in [0.15, 0.2) is 18.1 Å². The monoisotopic (exact) mass is 412 g/mol. The van der Waals surface area contributed by atoms with Crippen molar-refractivity contribution >= 4 is 5.97 Å². The van der Waals surface area contributed by atoms with E-state index >= 15 is 0 Å². The van der Waals surface area contributed by atoms with Gasteiger partial charge in [0.2, 0.25) is 5.82 Å². The fourth-order valence-corrected chi connectivity index (χ4v) is 2.84. The Labute approximate surface area is 174 Å².